The Bertz CT molecular complexity index is 401. The molecule has 1 aromatic heterocycles. The third-order valence-corrected chi connectivity index (χ3v) is 2.69. The van der Waals surface area contributed by atoms with Crippen molar-refractivity contribution in [2.75, 3.05) is 6.61 Å². The van der Waals surface area contributed by atoms with Crippen LogP contribution < -0.4 is 0 Å². The maximum atomic E-state index is 11.4. The van der Waals surface area contributed by atoms with E-state index in [4.69, 9.17) is 14.0 Å². The molecule has 1 heterocycles. The number of esters is 2. The van der Waals surface area contributed by atoms with E-state index in [1.165, 1.54) is 6.92 Å². The van der Waals surface area contributed by atoms with E-state index in [0.717, 1.165) is 0 Å². The molecule has 0 bridgehead atoms. The Morgan fingerprint density at radius 3 is 2.69 bits per heavy atom. The lowest BCUT2D eigenvalue weighted by atomic mass is 10.4. The summed E-state index contributed by atoms with van der Waals surface area (Å²) < 4.78 is 14.9. The summed E-state index contributed by atoms with van der Waals surface area (Å²) in [5.74, 6) is -0.645. The monoisotopic (exact) mass is 339 g/mol. The fourth-order valence-electron chi connectivity index (χ4n) is 0.896. The Kier molecular flexibility index (Phi) is 4.71. The number of hydrogen-bond acceptors (Lipinski definition) is 6. The third kappa shape index (κ3) is 3.19. The number of hydrogen-bond donors (Lipinski definition) is 0. The third-order valence-electron chi connectivity index (χ3n) is 1.58. The highest BCUT2D eigenvalue weighted by Crippen LogP contribution is 2.18. The van der Waals surface area contributed by atoms with Crippen molar-refractivity contribution in [2.45, 2.75) is 20.5 Å². The van der Waals surface area contributed by atoms with Crippen LogP contribution in [0.4, 0.5) is 0 Å². The van der Waals surface area contributed by atoms with Gasteiger partial charge in [-0.25, -0.2) is 4.79 Å². The van der Waals surface area contributed by atoms with Gasteiger partial charge >= 0.3 is 11.9 Å². The Labute approximate surface area is 105 Å². The molecular weight excluding hydrogens is 329 g/mol. The zero-order valence-electron chi connectivity index (χ0n) is 8.78. The predicted molar refractivity (Wildman–Crippen MR) is 60.6 cm³/mol. The van der Waals surface area contributed by atoms with E-state index in [1.807, 2.05) is 22.6 Å². The maximum Gasteiger partial charge on any atom is 0.361 e. The van der Waals surface area contributed by atoms with Crippen molar-refractivity contribution in [3.63, 3.8) is 0 Å². The fourth-order valence-corrected chi connectivity index (χ4v) is 1.47. The normalized spacial score (nSPS) is 9.94. The van der Waals surface area contributed by atoms with Crippen LogP contribution in [0.5, 0.6) is 0 Å². The van der Waals surface area contributed by atoms with Crippen molar-refractivity contribution in [1.29, 1.82) is 0 Å². The fraction of sp³-hybridized carbons (Fsp3) is 0.444. The van der Waals surface area contributed by atoms with Gasteiger partial charge in [0, 0.05) is 6.92 Å². The van der Waals surface area contributed by atoms with Gasteiger partial charge in [0.15, 0.2) is 12.4 Å². The highest BCUT2D eigenvalue weighted by Gasteiger charge is 2.21. The molecule has 0 atom stereocenters. The van der Waals surface area contributed by atoms with E-state index >= 15 is 0 Å². The van der Waals surface area contributed by atoms with Gasteiger partial charge < -0.3 is 14.0 Å². The number of carbonyl (C=O) groups is 2. The van der Waals surface area contributed by atoms with Gasteiger partial charge in [-0.3, -0.25) is 4.79 Å². The minimum Gasteiger partial charge on any atom is -0.461 e. The van der Waals surface area contributed by atoms with Crippen LogP contribution in [0, 0.1) is 3.57 Å². The maximum absolute atomic E-state index is 11.4. The summed E-state index contributed by atoms with van der Waals surface area (Å²) in [5.41, 5.74) is 0.101. The molecule has 1 rings (SSSR count). The summed E-state index contributed by atoms with van der Waals surface area (Å²) in [5, 5.41) is 3.56. The average molecular weight is 339 g/mol. The highest BCUT2D eigenvalue weighted by atomic mass is 127. The Balaban J connectivity index is 2.75. The molecule has 6 nitrogen and oxygen atoms in total. The molecule has 0 saturated carbocycles. The van der Waals surface area contributed by atoms with Gasteiger partial charge in [0.25, 0.3) is 0 Å². The van der Waals surface area contributed by atoms with Gasteiger partial charge in [0.05, 0.1) is 10.2 Å². The van der Waals surface area contributed by atoms with E-state index in [1.54, 1.807) is 6.92 Å². The van der Waals surface area contributed by atoms with Crippen molar-refractivity contribution in [1.82, 2.24) is 5.16 Å². The zero-order chi connectivity index (χ0) is 12.1. The lowest BCUT2D eigenvalue weighted by Crippen LogP contribution is -2.07. The summed E-state index contributed by atoms with van der Waals surface area (Å²) in [6, 6.07) is 0. The second kappa shape index (κ2) is 5.83. The molecule has 0 unspecified atom stereocenters. The van der Waals surface area contributed by atoms with Gasteiger partial charge in [0.1, 0.15) is 0 Å². The minimum atomic E-state index is -0.551. The minimum absolute atomic E-state index is 0.0417. The molecule has 88 valence electrons. The first-order chi connectivity index (χ1) is 7.56. The van der Waals surface area contributed by atoms with Gasteiger partial charge in [-0.1, -0.05) is 5.16 Å². The van der Waals surface area contributed by atoms with Crippen molar-refractivity contribution >= 4 is 34.5 Å². The molecular formula is C9H10INO5. The molecule has 0 N–H and O–H groups in total. The Hall–Kier alpha value is -1.12. The molecule has 0 aliphatic carbocycles. The second-order valence-electron chi connectivity index (χ2n) is 2.77. The van der Waals surface area contributed by atoms with E-state index in [9.17, 15) is 9.59 Å². The molecule has 16 heavy (non-hydrogen) atoms. The molecule has 0 amide bonds. The lowest BCUT2D eigenvalue weighted by Gasteiger charge is -1.98. The van der Waals surface area contributed by atoms with Crippen LogP contribution in [0.25, 0.3) is 0 Å². The molecule has 0 saturated heterocycles. The lowest BCUT2D eigenvalue weighted by molar-refractivity contribution is -0.142. The Morgan fingerprint density at radius 1 is 1.44 bits per heavy atom. The second-order valence-corrected chi connectivity index (χ2v) is 3.85. The summed E-state index contributed by atoms with van der Waals surface area (Å²) in [6.07, 6.45) is 0. The van der Waals surface area contributed by atoms with Gasteiger partial charge in [-0.05, 0) is 29.5 Å². The van der Waals surface area contributed by atoms with Crippen molar-refractivity contribution in [3.05, 3.63) is 15.0 Å². The number of carbonyl (C=O) groups excluding carboxylic acids is 2. The molecule has 1 aromatic rings. The SMILES string of the molecule is CCOC(=O)c1noc(COC(C)=O)c1I. The number of nitrogens with zero attached hydrogens (tertiary/aromatic N) is 1. The van der Waals surface area contributed by atoms with Crippen molar-refractivity contribution < 1.29 is 23.6 Å². The van der Waals surface area contributed by atoms with Crippen molar-refractivity contribution in [2.24, 2.45) is 0 Å². The topological polar surface area (TPSA) is 78.6 Å². The van der Waals surface area contributed by atoms with Crippen LogP contribution in [-0.4, -0.2) is 23.7 Å². The number of aromatic nitrogens is 1. The van der Waals surface area contributed by atoms with Crippen LogP contribution >= 0.6 is 22.6 Å². The first-order valence-electron chi connectivity index (χ1n) is 4.50. The van der Waals surface area contributed by atoms with Crippen LogP contribution in [0.2, 0.25) is 0 Å². The zero-order valence-corrected chi connectivity index (χ0v) is 10.9. The molecule has 0 aromatic carbocycles. The highest BCUT2D eigenvalue weighted by molar-refractivity contribution is 14.1. The molecule has 0 aliphatic heterocycles. The smallest absolute Gasteiger partial charge is 0.361 e. The summed E-state index contributed by atoms with van der Waals surface area (Å²) in [6.45, 7) is 3.21. The Morgan fingerprint density at radius 2 is 2.12 bits per heavy atom. The summed E-state index contributed by atoms with van der Waals surface area (Å²) in [7, 11) is 0. The molecule has 7 heteroatoms. The first-order valence-corrected chi connectivity index (χ1v) is 5.58. The number of rotatable bonds is 4. The molecule has 0 spiro atoms. The van der Waals surface area contributed by atoms with Crippen LogP contribution in [0.3, 0.4) is 0 Å². The van der Waals surface area contributed by atoms with Crippen LogP contribution in [0.1, 0.15) is 30.1 Å². The first kappa shape index (κ1) is 12.9. The van der Waals surface area contributed by atoms with E-state index in [-0.39, 0.29) is 18.9 Å². The summed E-state index contributed by atoms with van der Waals surface area (Å²) in [4.78, 5) is 22.0. The number of ether oxygens (including phenoxy) is 2. The number of halogens is 1. The molecule has 0 fully saturated rings. The van der Waals surface area contributed by atoms with E-state index < -0.39 is 11.9 Å². The van der Waals surface area contributed by atoms with E-state index in [0.29, 0.717) is 9.33 Å². The summed E-state index contributed by atoms with van der Waals surface area (Å²) >= 11 is 1.89. The van der Waals surface area contributed by atoms with Crippen LogP contribution in [-0.2, 0) is 20.9 Å². The standard InChI is InChI=1S/C9H10INO5/c1-3-14-9(13)8-7(10)6(16-11-8)4-15-5(2)12/h3-4H2,1-2H3. The quantitative estimate of drug-likeness (QED) is 0.611. The van der Waals surface area contributed by atoms with E-state index in [2.05, 4.69) is 5.16 Å². The molecule has 0 radical (unpaired) electrons. The average Bonchev–Trinajstić information content (AvgIpc) is 2.57. The predicted octanol–water partition coefficient (Wildman–Crippen LogP) is 1.52. The van der Waals surface area contributed by atoms with Gasteiger partial charge in [-0.15, -0.1) is 0 Å². The van der Waals surface area contributed by atoms with Crippen LogP contribution in [0.15, 0.2) is 4.52 Å². The van der Waals surface area contributed by atoms with Gasteiger partial charge in [0.2, 0.25) is 5.69 Å². The van der Waals surface area contributed by atoms with Crippen molar-refractivity contribution in [3.8, 4) is 0 Å². The molecule has 0 aliphatic rings. The van der Waals surface area contributed by atoms with Gasteiger partial charge in [-0.2, -0.15) is 0 Å². The largest absolute Gasteiger partial charge is 0.461 e.